The maximum atomic E-state index is 12.1. The highest BCUT2D eigenvalue weighted by Gasteiger charge is 2.26. The van der Waals surface area contributed by atoms with E-state index >= 15 is 0 Å². The topological polar surface area (TPSA) is 68.5 Å². The number of morpholine rings is 1. The summed E-state index contributed by atoms with van der Waals surface area (Å²) >= 11 is 1.43. The Labute approximate surface area is 98.2 Å². The zero-order valence-corrected chi connectivity index (χ0v) is 10.00. The summed E-state index contributed by atoms with van der Waals surface area (Å²) in [5.74, 6) is -0.0215. The maximum absolute atomic E-state index is 12.1. The first-order valence-corrected chi connectivity index (χ1v) is 6.13. The van der Waals surface area contributed by atoms with Crippen LogP contribution in [0.4, 0.5) is 0 Å². The van der Waals surface area contributed by atoms with Crippen LogP contribution in [0, 0.1) is 0 Å². The Morgan fingerprint density at radius 2 is 2.62 bits per heavy atom. The molecular formula is C10H15N3O2S. The second-order valence-electron chi connectivity index (χ2n) is 3.75. The average Bonchev–Trinajstić information content (AvgIpc) is 2.77. The van der Waals surface area contributed by atoms with E-state index in [2.05, 4.69) is 4.98 Å². The Hall–Kier alpha value is -0.980. The molecule has 0 aliphatic carbocycles. The quantitative estimate of drug-likeness (QED) is 0.817. The molecule has 1 aliphatic heterocycles. The van der Waals surface area contributed by atoms with E-state index in [1.54, 1.807) is 10.3 Å². The third kappa shape index (κ3) is 2.23. The summed E-state index contributed by atoms with van der Waals surface area (Å²) < 4.78 is 5.29. The van der Waals surface area contributed by atoms with Crippen molar-refractivity contribution in [1.82, 2.24) is 9.88 Å². The first-order chi connectivity index (χ1) is 7.72. The zero-order valence-electron chi connectivity index (χ0n) is 9.18. The van der Waals surface area contributed by atoms with Crippen molar-refractivity contribution in [3.8, 4) is 0 Å². The van der Waals surface area contributed by atoms with Crippen molar-refractivity contribution in [3.05, 3.63) is 16.1 Å². The third-order valence-corrected chi connectivity index (χ3v) is 3.45. The Morgan fingerprint density at radius 3 is 3.25 bits per heavy atom. The predicted molar refractivity (Wildman–Crippen MR) is 61.3 cm³/mol. The van der Waals surface area contributed by atoms with Crippen molar-refractivity contribution in [2.75, 3.05) is 19.8 Å². The van der Waals surface area contributed by atoms with Gasteiger partial charge >= 0.3 is 0 Å². The molecule has 0 saturated carbocycles. The van der Waals surface area contributed by atoms with Gasteiger partial charge in [-0.2, -0.15) is 0 Å². The second-order valence-corrected chi connectivity index (χ2v) is 4.70. The van der Waals surface area contributed by atoms with Gasteiger partial charge in [0.05, 0.1) is 19.3 Å². The van der Waals surface area contributed by atoms with Gasteiger partial charge < -0.3 is 15.4 Å². The summed E-state index contributed by atoms with van der Waals surface area (Å²) in [4.78, 5) is 18.1. The third-order valence-electron chi connectivity index (χ3n) is 2.57. The largest absolute Gasteiger partial charge is 0.377 e. The van der Waals surface area contributed by atoms with E-state index < -0.39 is 0 Å². The van der Waals surface area contributed by atoms with Gasteiger partial charge in [0, 0.05) is 18.5 Å². The molecule has 6 heteroatoms. The van der Waals surface area contributed by atoms with Gasteiger partial charge in [-0.1, -0.05) is 0 Å². The Balaban J connectivity index is 2.11. The van der Waals surface area contributed by atoms with E-state index in [0.717, 1.165) is 5.01 Å². The molecular weight excluding hydrogens is 226 g/mol. The highest BCUT2D eigenvalue weighted by molar-refractivity contribution is 7.09. The number of carbonyl (C=O) groups excluding carboxylic acids is 1. The van der Waals surface area contributed by atoms with Crippen LogP contribution in [-0.2, 0) is 11.3 Å². The fraction of sp³-hybridized carbons (Fsp3) is 0.600. The summed E-state index contributed by atoms with van der Waals surface area (Å²) in [6, 6.07) is 0.115. The number of rotatable bonds is 2. The predicted octanol–water partition coefficient (Wildman–Crippen LogP) is 0.463. The van der Waals surface area contributed by atoms with E-state index in [1.165, 1.54) is 11.3 Å². The number of ether oxygens (including phenoxy) is 1. The average molecular weight is 241 g/mol. The van der Waals surface area contributed by atoms with Gasteiger partial charge in [-0.25, -0.2) is 4.98 Å². The number of carbonyl (C=O) groups is 1. The molecule has 0 bridgehead atoms. The number of hydrogen-bond acceptors (Lipinski definition) is 5. The Bertz CT molecular complexity index is 380. The molecule has 88 valence electrons. The maximum Gasteiger partial charge on any atom is 0.273 e. The molecule has 1 aliphatic rings. The van der Waals surface area contributed by atoms with Crippen molar-refractivity contribution in [2.45, 2.75) is 19.5 Å². The second kappa shape index (κ2) is 4.90. The smallest absolute Gasteiger partial charge is 0.273 e. The molecule has 5 nitrogen and oxygen atoms in total. The number of thiazole rings is 1. The SMILES string of the molecule is C[C@@H]1COCCN1C(=O)c1csc(CN)n1. The monoisotopic (exact) mass is 241 g/mol. The molecule has 0 aromatic carbocycles. The minimum Gasteiger partial charge on any atom is -0.377 e. The van der Waals surface area contributed by atoms with Gasteiger partial charge in [-0.15, -0.1) is 11.3 Å². The zero-order chi connectivity index (χ0) is 11.5. The molecule has 2 rings (SSSR count). The van der Waals surface area contributed by atoms with Gasteiger partial charge in [0.1, 0.15) is 10.7 Å². The highest BCUT2D eigenvalue weighted by Crippen LogP contribution is 2.14. The van der Waals surface area contributed by atoms with Gasteiger partial charge in [0.25, 0.3) is 5.91 Å². The molecule has 1 aromatic heterocycles. The van der Waals surface area contributed by atoms with Crippen LogP contribution in [0.5, 0.6) is 0 Å². The molecule has 1 aromatic rings. The lowest BCUT2D eigenvalue weighted by Gasteiger charge is -2.32. The Kier molecular flexibility index (Phi) is 3.52. The van der Waals surface area contributed by atoms with Gasteiger partial charge in [-0.3, -0.25) is 4.79 Å². The Morgan fingerprint density at radius 1 is 1.81 bits per heavy atom. The van der Waals surface area contributed by atoms with Crippen LogP contribution in [0.1, 0.15) is 22.4 Å². The fourth-order valence-corrected chi connectivity index (χ4v) is 2.33. The number of hydrogen-bond donors (Lipinski definition) is 1. The molecule has 16 heavy (non-hydrogen) atoms. The van der Waals surface area contributed by atoms with Gasteiger partial charge in [-0.05, 0) is 6.92 Å². The minimum absolute atomic E-state index is 0.0215. The van der Waals surface area contributed by atoms with Crippen LogP contribution in [0.2, 0.25) is 0 Å². The molecule has 1 saturated heterocycles. The molecule has 1 fully saturated rings. The minimum atomic E-state index is -0.0215. The fourth-order valence-electron chi connectivity index (χ4n) is 1.68. The van der Waals surface area contributed by atoms with E-state index in [1.807, 2.05) is 6.92 Å². The van der Waals surface area contributed by atoms with Crippen LogP contribution in [0.3, 0.4) is 0 Å². The number of aromatic nitrogens is 1. The number of amides is 1. The summed E-state index contributed by atoms with van der Waals surface area (Å²) in [6.45, 7) is 4.20. The van der Waals surface area contributed by atoms with Crippen LogP contribution in [0.15, 0.2) is 5.38 Å². The number of nitrogens with two attached hydrogens (primary N) is 1. The van der Waals surface area contributed by atoms with E-state index in [0.29, 0.717) is 32.0 Å². The highest BCUT2D eigenvalue weighted by atomic mass is 32.1. The van der Waals surface area contributed by atoms with Crippen LogP contribution in [0.25, 0.3) is 0 Å². The summed E-state index contributed by atoms with van der Waals surface area (Å²) in [5.41, 5.74) is 5.97. The lowest BCUT2D eigenvalue weighted by Crippen LogP contribution is -2.47. The normalized spacial score (nSPS) is 21.1. The van der Waals surface area contributed by atoms with Crippen molar-refractivity contribution in [1.29, 1.82) is 0 Å². The molecule has 2 heterocycles. The summed E-state index contributed by atoms with van der Waals surface area (Å²) in [5, 5.41) is 2.57. The number of nitrogens with zero attached hydrogens (tertiary/aromatic N) is 2. The summed E-state index contributed by atoms with van der Waals surface area (Å²) in [6.07, 6.45) is 0. The van der Waals surface area contributed by atoms with Crippen LogP contribution < -0.4 is 5.73 Å². The van der Waals surface area contributed by atoms with Gasteiger partial charge in [0.15, 0.2) is 0 Å². The molecule has 0 radical (unpaired) electrons. The van der Waals surface area contributed by atoms with E-state index in [4.69, 9.17) is 10.5 Å². The van der Waals surface area contributed by atoms with E-state index in [-0.39, 0.29) is 11.9 Å². The van der Waals surface area contributed by atoms with Crippen LogP contribution in [-0.4, -0.2) is 41.6 Å². The van der Waals surface area contributed by atoms with Crippen molar-refractivity contribution >= 4 is 17.2 Å². The standard InChI is InChI=1S/C10H15N3O2S/c1-7-5-15-3-2-13(7)10(14)8-6-16-9(4-11)12-8/h6-7H,2-5,11H2,1H3/t7-/m1/s1. The molecule has 0 spiro atoms. The van der Waals surface area contributed by atoms with Crippen molar-refractivity contribution < 1.29 is 9.53 Å². The summed E-state index contributed by atoms with van der Waals surface area (Å²) in [7, 11) is 0. The van der Waals surface area contributed by atoms with Crippen LogP contribution >= 0.6 is 11.3 Å². The van der Waals surface area contributed by atoms with Gasteiger partial charge in [0.2, 0.25) is 0 Å². The molecule has 2 N–H and O–H groups in total. The molecule has 1 atom stereocenters. The lowest BCUT2D eigenvalue weighted by atomic mass is 10.2. The molecule has 0 unspecified atom stereocenters. The van der Waals surface area contributed by atoms with E-state index in [9.17, 15) is 4.79 Å². The molecule has 1 amide bonds. The van der Waals surface area contributed by atoms with Crippen molar-refractivity contribution in [3.63, 3.8) is 0 Å². The first-order valence-electron chi connectivity index (χ1n) is 5.25. The lowest BCUT2D eigenvalue weighted by molar-refractivity contribution is 0.00331. The first kappa shape index (κ1) is 11.5. The van der Waals surface area contributed by atoms with Crippen molar-refractivity contribution in [2.24, 2.45) is 5.73 Å².